The molecule has 6 nitrogen and oxygen atoms in total. The van der Waals surface area contributed by atoms with Crippen LogP contribution in [0.2, 0.25) is 0 Å². The van der Waals surface area contributed by atoms with Gasteiger partial charge >= 0.3 is 0 Å². The van der Waals surface area contributed by atoms with Crippen LogP contribution in [0.1, 0.15) is 37.2 Å². The van der Waals surface area contributed by atoms with E-state index in [1.54, 1.807) is 18.5 Å². The highest BCUT2D eigenvalue weighted by Gasteiger charge is 2.27. The van der Waals surface area contributed by atoms with Gasteiger partial charge in [0.1, 0.15) is 0 Å². The SMILES string of the molecule is C/C(=C/C(=O)NCc1n[nH]c(=S)n1C1CC1)c1ccncc1. The van der Waals surface area contributed by atoms with Gasteiger partial charge < -0.3 is 5.32 Å². The Balaban J connectivity index is 1.64. The molecular formula is C15H17N5OS. The monoisotopic (exact) mass is 315 g/mol. The Morgan fingerprint density at radius 2 is 2.23 bits per heavy atom. The molecule has 0 spiro atoms. The average molecular weight is 315 g/mol. The van der Waals surface area contributed by atoms with Crippen molar-refractivity contribution >= 4 is 23.7 Å². The lowest BCUT2D eigenvalue weighted by Gasteiger charge is -2.06. The highest BCUT2D eigenvalue weighted by molar-refractivity contribution is 7.71. The fourth-order valence-electron chi connectivity index (χ4n) is 2.28. The molecule has 2 heterocycles. The van der Waals surface area contributed by atoms with E-state index in [9.17, 15) is 4.79 Å². The topological polar surface area (TPSA) is 75.6 Å². The third-order valence-electron chi connectivity index (χ3n) is 3.59. The highest BCUT2D eigenvalue weighted by Crippen LogP contribution is 2.35. The number of hydrogen-bond acceptors (Lipinski definition) is 4. The standard InChI is InChI=1S/C15H17N5OS/c1-10(11-4-6-16-7-5-11)8-14(21)17-9-13-18-19-15(22)20(13)12-2-3-12/h4-8,12H,2-3,9H2,1H3,(H,17,21)(H,19,22)/b10-8-. The molecule has 1 amide bonds. The molecule has 3 rings (SSSR count). The molecule has 0 atom stereocenters. The molecule has 7 heteroatoms. The van der Waals surface area contributed by atoms with Gasteiger partial charge in [0.05, 0.1) is 6.54 Å². The summed E-state index contributed by atoms with van der Waals surface area (Å²) in [5.74, 6) is 0.626. The zero-order valence-electron chi connectivity index (χ0n) is 12.2. The summed E-state index contributed by atoms with van der Waals surface area (Å²) >= 11 is 5.22. The quantitative estimate of drug-likeness (QED) is 0.656. The number of pyridine rings is 1. The van der Waals surface area contributed by atoms with Gasteiger partial charge in [0.2, 0.25) is 5.91 Å². The van der Waals surface area contributed by atoms with Crippen LogP contribution in [0.25, 0.3) is 5.57 Å². The molecular weight excluding hydrogens is 298 g/mol. The molecule has 0 bridgehead atoms. The lowest BCUT2D eigenvalue weighted by molar-refractivity contribution is -0.116. The van der Waals surface area contributed by atoms with Crippen molar-refractivity contribution in [3.63, 3.8) is 0 Å². The number of carbonyl (C=O) groups excluding carboxylic acids is 1. The summed E-state index contributed by atoms with van der Waals surface area (Å²) in [5.41, 5.74) is 1.87. The van der Waals surface area contributed by atoms with Crippen molar-refractivity contribution < 1.29 is 4.79 Å². The molecule has 1 fully saturated rings. The largest absolute Gasteiger partial charge is 0.345 e. The zero-order chi connectivity index (χ0) is 15.5. The van der Waals surface area contributed by atoms with Crippen molar-refractivity contribution in [3.8, 4) is 0 Å². The normalized spacial score (nSPS) is 14.9. The second-order valence-corrected chi connectivity index (χ2v) is 5.71. The summed E-state index contributed by atoms with van der Waals surface area (Å²) in [6.45, 7) is 2.26. The molecule has 0 saturated heterocycles. The van der Waals surface area contributed by atoms with E-state index in [0.29, 0.717) is 17.4 Å². The van der Waals surface area contributed by atoms with E-state index in [0.717, 1.165) is 29.8 Å². The second kappa shape index (κ2) is 6.23. The summed E-state index contributed by atoms with van der Waals surface area (Å²) in [4.78, 5) is 16.0. The van der Waals surface area contributed by atoms with Gasteiger partial charge in [0.15, 0.2) is 10.6 Å². The Morgan fingerprint density at radius 3 is 2.91 bits per heavy atom. The van der Waals surface area contributed by atoms with Crippen LogP contribution in [0.4, 0.5) is 0 Å². The number of rotatable bonds is 5. The number of hydrogen-bond donors (Lipinski definition) is 2. The van der Waals surface area contributed by atoms with Crippen LogP contribution in [0.15, 0.2) is 30.6 Å². The fraction of sp³-hybridized carbons (Fsp3) is 0.333. The summed E-state index contributed by atoms with van der Waals surface area (Å²) in [6.07, 6.45) is 7.24. The Kier molecular flexibility index (Phi) is 4.15. The van der Waals surface area contributed by atoms with Crippen molar-refractivity contribution in [1.29, 1.82) is 0 Å². The van der Waals surface area contributed by atoms with E-state index >= 15 is 0 Å². The maximum Gasteiger partial charge on any atom is 0.244 e. The van der Waals surface area contributed by atoms with Gasteiger partial charge in [-0.3, -0.25) is 19.4 Å². The molecule has 0 radical (unpaired) electrons. The fourth-order valence-corrected chi connectivity index (χ4v) is 2.58. The predicted molar refractivity (Wildman–Crippen MR) is 85.4 cm³/mol. The minimum atomic E-state index is -0.148. The third-order valence-corrected chi connectivity index (χ3v) is 3.88. The van der Waals surface area contributed by atoms with E-state index in [-0.39, 0.29) is 5.91 Å². The van der Waals surface area contributed by atoms with Crippen LogP contribution in [0, 0.1) is 4.77 Å². The molecule has 0 aliphatic heterocycles. The lowest BCUT2D eigenvalue weighted by atomic mass is 10.1. The number of allylic oxidation sites excluding steroid dienone is 1. The van der Waals surface area contributed by atoms with E-state index in [1.165, 1.54) is 0 Å². The number of nitrogens with zero attached hydrogens (tertiary/aromatic N) is 3. The van der Waals surface area contributed by atoms with Gasteiger partial charge in [-0.2, -0.15) is 5.10 Å². The molecule has 0 aromatic carbocycles. The zero-order valence-corrected chi connectivity index (χ0v) is 13.1. The van der Waals surface area contributed by atoms with E-state index in [2.05, 4.69) is 20.5 Å². The molecule has 114 valence electrons. The van der Waals surface area contributed by atoms with Gasteiger partial charge in [-0.25, -0.2) is 0 Å². The van der Waals surface area contributed by atoms with E-state index in [4.69, 9.17) is 12.2 Å². The van der Waals surface area contributed by atoms with Gasteiger partial charge in [-0.1, -0.05) is 0 Å². The number of aromatic amines is 1. The van der Waals surface area contributed by atoms with E-state index < -0.39 is 0 Å². The predicted octanol–water partition coefficient (Wildman–Crippen LogP) is 2.39. The van der Waals surface area contributed by atoms with Crippen molar-refractivity contribution in [1.82, 2.24) is 25.1 Å². The van der Waals surface area contributed by atoms with Crippen LogP contribution in [-0.4, -0.2) is 25.7 Å². The Hall–Kier alpha value is -2.28. The third kappa shape index (κ3) is 3.30. The van der Waals surface area contributed by atoms with Gasteiger partial charge in [-0.15, -0.1) is 0 Å². The van der Waals surface area contributed by atoms with Crippen molar-refractivity contribution in [2.24, 2.45) is 0 Å². The van der Waals surface area contributed by atoms with Crippen LogP contribution in [0.5, 0.6) is 0 Å². The average Bonchev–Trinajstić information content (AvgIpc) is 3.29. The summed E-state index contributed by atoms with van der Waals surface area (Å²) in [5, 5.41) is 9.83. The van der Waals surface area contributed by atoms with Gasteiger partial charge in [-0.05, 0) is 55.3 Å². The maximum absolute atomic E-state index is 12.0. The Bertz CT molecular complexity index is 758. The number of amides is 1. The van der Waals surface area contributed by atoms with Crippen molar-refractivity contribution in [3.05, 3.63) is 46.8 Å². The van der Waals surface area contributed by atoms with Crippen LogP contribution >= 0.6 is 12.2 Å². The molecule has 2 aromatic heterocycles. The molecule has 0 unspecified atom stereocenters. The molecule has 2 N–H and O–H groups in total. The number of aromatic nitrogens is 4. The Morgan fingerprint density at radius 1 is 1.50 bits per heavy atom. The second-order valence-electron chi connectivity index (χ2n) is 5.33. The first-order chi connectivity index (χ1) is 10.6. The van der Waals surface area contributed by atoms with Crippen LogP contribution < -0.4 is 5.32 Å². The molecule has 1 aliphatic carbocycles. The van der Waals surface area contributed by atoms with Gasteiger partial charge in [0, 0.05) is 24.5 Å². The Labute approximate surface area is 133 Å². The summed E-state index contributed by atoms with van der Waals surface area (Å²) < 4.78 is 2.62. The van der Waals surface area contributed by atoms with Crippen LogP contribution in [0.3, 0.4) is 0 Å². The molecule has 1 aliphatic rings. The number of carbonyl (C=O) groups is 1. The lowest BCUT2D eigenvalue weighted by Crippen LogP contribution is -2.23. The number of nitrogens with one attached hydrogen (secondary N) is 2. The first-order valence-corrected chi connectivity index (χ1v) is 7.58. The molecule has 22 heavy (non-hydrogen) atoms. The maximum atomic E-state index is 12.0. The minimum absolute atomic E-state index is 0.148. The summed E-state index contributed by atoms with van der Waals surface area (Å²) in [7, 11) is 0. The summed E-state index contributed by atoms with van der Waals surface area (Å²) in [6, 6.07) is 4.18. The first-order valence-electron chi connectivity index (χ1n) is 7.17. The van der Waals surface area contributed by atoms with Crippen molar-refractivity contribution in [2.75, 3.05) is 0 Å². The highest BCUT2D eigenvalue weighted by atomic mass is 32.1. The number of H-pyrrole nitrogens is 1. The van der Waals surface area contributed by atoms with Gasteiger partial charge in [0.25, 0.3) is 0 Å². The smallest absolute Gasteiger partial charge is 0.244 e. The molecule has 1 saturated carbocycles. The first kappa shape index (κ1) is 14.6. The van der Waals surface area contributed by atoms with Crippen molar-refractivity contribution in [2.45, 2.75) is 32.4 Å². The molecule has 2 aromatic rings. The minimum Gasteiger partial charge on any atom is -0.345 e. The van der Waals surface area contributed by atoms with Crippen LogP contribution in [-0.2, 0) is 11.3 Å². The van der Waals surface area contributed by atoms with E-state index in [1.807, 2.05) is 23.6 Å².